The lowest BCUT2D eigenvalue weighted by molar-refractivity contribution is 0.0745. The van der Waals surface area contributed by atoms with Gasteiger partial charge < -0.3 is 14.5 Å². The van der Waals surface area contributed by atoms with Crippen LogP contribution in [0.15, 0.2) is 48.5 Å². The molecule has 0 unspecified atom stereocenters. The van der Waals surface area contributed by atoms with Crippen LogP contribution in [0, 0.1) is 3.57 Å². The molecule has 5 heteroatoms. The molecule has 0 saturated carbocycles. The fourth-order valence-electron chi connectivity index (χ4n) is 2.85. The van der Waals surface area contributed by atoms with Gasteiger partial charge in [0.15, 0.2) is 0 Å². The summed E-state index contributed by atoms with van der Waals surface area (Å²) in [6, 6.07) is 15.8. The summed E-state index contributed by atoms with van der Waals surface area (Å²) < 4.78 is 6.44. The highest BCUT2D eigenvalue weighted by atomic mass is 127. The van der Waals surface area contributed by atoms with Crippen molar-refractivity contribution in [3.8, 4) is 5.75 Å². The molecule has 0 atom stereocenters. The fourth-order valence-corrected chi connectivity index (χ4v) is 3.46. The van der Waals surface area contributed by atoms with Gasteiger partial charge in [0.2, 0.25) is 0 Å². The smallest absolute Gasteiger partial charge is 0.255 e. The van der Waals surface area contributed by atoms with Gasteiger partial charge in [0.25, 0.3) is 5.91 Å². The number of methoxy groups -OCH3 is 1. The highest BCUT2D eigenvalue weighted by Gasteiger charge is 2.24. The number of halogens is 1. The van der Waals surface area contributed by atoms with Crippen LogP contribution in [0.4, 0.5) is 5.69 Å². The molecule has 0 spiro atoms. The Morgan fingerprint density at radius 1 is 1.00 bits per heavy atom. The lowest BCUT2D eigenvalue weighted by Gasteiger charge is -2.36. The van der Waals surface area contributed by atoms with E-state index in [0.29, 0.717) is 0 Å². The second-order valence-corrected chi connectivity index (χ2v) is 6.59. The van der Waals surface area contributed by atoms with E-state index in [-0.39, 0.29) is 5.91 Å². The van der Waals surface area contributed by atoms with E-state index in [4.69, 9.17) is 4.74 Å². The first-order valence-corrected chi connectivity index (χ1v) is 8.70. The van der Waals surface area contributed by atoms with Gasteiger partial charge in [-0.15, -0.1) is 0 Å². The number of amides is 1. The SMILES string of the molecule is COc1ccccc1N1CCN(C(=O)c2ccccc2I)CC1. The van der Waals surface area contributed by atoms with Crippen molar-refractivity contribution in [3.05, 3.63) is 57.7 Å². The van der Waals surface area contributed by atoms with Gasteiger partial charge >= 0.3 is 0 Å². The topological polar surface area (TPSA) is 32.8 Å². The molecule has 0 aliphatic carbocycles. The standard InChI is InChI=1S/C18H19IN2O2/c1-23-17-9-5-4-8-16(17)20-10-12-21(13-11-20)18(22)14-6-2-3-7-15(14)19/h2-9H,10-13H2,1H3. The molecule has 0 N–H and O–H groups in total. The van der Waals surface area contributed by atoms with Crippen molar-refractivity contribution >= 4 is 34.2 Å². The van der Waals surface area contributed by atoms with Crippen molar-refractivity contribution in [1.82, 2.24) is 4.90 Å². The fraction of sp³-hybridized carbons (Fsp3) is 0.278. The Hall–Kier alpha value is -1.76. The summed E-state index contributed by atoms with van der Waals surface area (Å²) in [6.45, 7) is 3.08. The van der Waals surface area contributed by atoms with Crippen molar-refractivity contribution in [1.29, 1.82) is 0 Å². The Morgan fingerprint density at radius 2 is 1.65 bits per heavy atom. The van der Waals surface area contributed by atoms with Crippen LogP contribution in [0.1, 0.15) is 10.4 Å². The number of anilines is 1. The average molecular weight is 422 g/mol. The van der Waals surface area contributed by atoms with Crippen LogP contribution in [-0.4, -0.2) is 44.1 Å². The second-order valence-electron chi connectivity index (χ2n) is 5.43. The Labute approximate surface area is 150 Å². The second kappa shape index (κ2) is 7.21. The molecule has 1 fully saturated rings. The molecule has 0 aromatic heterocycles. The van der Waals surface area contributed by atoms with Gasteiger partial charge in [0, 0.05) is 29.7 Å². The number of hydrogen-bond acceptors (Lipinski definition) is 3. The predicted molar refractivity (Wildman–Crippen MR) is 100 cm³/mol. The number of piperazine rings is 1. The van der Waals surface area contributed by atoms with E-state index in [0.717, 1.165) is 46.7 Å². The number of benzene rings is 2. The van der Waals surface area contributed by atoms with E-state index >= 15 is 0 Å². The molecule has 120 valence electrons. The summed E-state index contributed by atoms with van der Waals surface area (Å²) in [5.74, 6) is 1.000. The third kappa shape index (κ3) is 3.44. The van der Waals surface area contributed by atoms with E-state index in [1.165, 1.54) is 0 Å². The summed E-state index contributed by atoms with van der Waals surface area (Å²) in [6.07, 6.45) is 0. The number of ether oxygens (including phenoxy) is 1. The van der Waals surface area contributed by atoms with E-state index < -0.39 is 0 Å². The molecule has 2 aromatic carbocycles. The summed E-state index contributed by atoms with van der Waals surface area (Å²) in [5.41, 5.74) is 1.88. The normalized spacial score (nSPS) is 14.7. The first-order valence-electron chi connectivity index (χ1n) is 7.62. The largest absolute Gasteiger partial charge is 0.495 e. The van der Waals surface area contributed by atoms with Crippen molar-refractivity contribution < 1.29 is 9.53 Å². The average Bonchev–Trinajstić information content (AvgIpc) is 2.61. The van der Waals surface area contributed by atoms with Gasteiger partial charge in [0.05, 0.1) is 18.4 Å². The monoisotopic (exact) mass is 422 g/mol. The first-order chi connectivity index (χ1) is 11.2. The summed E-state index contributed by atoms with van der Waals surface area (Å²) in [5, 5.41) is 0. The molecular formula is C18H19IN2O2. The van der Waals surface area contributed by atoms with Crippen LogP contribution < -0.4 is 9.64 Å². The number of hydrogen-bond donors (Lipinski definition) is 0. The van der Waals surface area contributed by atoms with Crippen LogP contribution in [0.2, 0.25) is 0 Å². The van der Waals surface area contributed by atoms with Gasteiger partial charge in [0.1, 0.15) is 5.75 Å². The van der Waals surface area contributed by atoms with E-state index in [1.54, 1.807) is 7.11 Å². The minimum atomic E-state index is 0.120. The minimum Gasteiger partial charge on any atom is -0.495 e. The van der Waals surface area contributed by atoms with Crippen molar-refractivity contribution in [3.63, 3.8) is 0 Å². The molecule has 23 heavy (non-hydrogen) atoms. The molecule has 4 nitrogen and oxygen atoms in total. The molecule has 0 radical (unpaired) electrons. The lowest BCUT2D eigenvalue weighted by Crippen LogP contribution is -2.49. The maximum atomic E-state index is 12.7. The van der Waals surface area contributed by atoms with Gasteiger partial charge in [-0.25, -0.2) is 0 Å². The van der Waals surface area contributed by atoms with Crippen molar-refractivity contribution in [2.24, 2.45) is 0 Å². The molecule has 1 amide bonds. The molecular weight excluding hydrogens is 403 g/mol. The molecule has 2 aromatic rings. The number of rotatable bonds is 3. The van der Waals surface area contributed by atoms with E-state index in [9.17, 15) is 4.79 Å². The maximum Gasteiger partial charge on any atom is 0.255 e. The molecule has 1 heterocycles. The molecule has 0 bridgehead atoms. The Balaban J connectivity index is 1.69. The van der Waals surface area contributed by atoms with Crippen LogP contribution >= 0.6 is 22.6 Å². The van der Waals surface area contributed by atoms with Gasteiger partial charge in [-0.2, -0.15) is 0 Å². The highest BCUT2D eigenvalue weighted by Crippen LogP contribution is 2.28. The number of nitrogens with zero attached hydrogens (tertiary/aromatic N) is 2. The maximum absolute atomic E-state index is 12.7. The lowest BCUT2D eigenvalue weighted by atomic mass is 10.1. The van der Waals surface area contributed by atoms with Crippen LogP contribution in [0.3, 0.4) is 0 Å². The molecule has 1 saturated heterocycles. The Morgan fingerprint density at radius 3 is 2.35 bits per heavy atom. The van der Waals surface area contributed by atoms with Crippen LogP contribution in [-0.2, 0) is 0 Å². The highest BCUT2D eigenvalue weighted by molar-refractivity contribution is 14.1. The Kier molecular flexibility index (Phi) is 5.05. The zero-order valence-electron chi connectivity index (χ0n) is 13.0. The minimum absolute atomic E-state index is 0.120. The quantitative estimate of drug-likeness (QED) is 0.713. The van der Waals surface area contributed by atoms with Crippen LogP contribution in [0.25, 0.3) is 0 Å². The summed E-state index contributed by atoms with van der Waals surface area (Å²) in [4.78, 5) is 16.9. The van der Waals surface area contributed by atoms with E-state index in [1.807, 2.05) is 47.4 Å². The number of para-hydroxylation sites is 2. The van der Waals surface area contributed by atoms with Gasteiger partial charge in [-0.3, -0.25) is 4.79 Å². The number of carbonyl (C=O) groups is 1. The molecule has 3 rings (SSSR count). The zero-order valence-corrected chi connectivity index (χ0v) is 15.2. The van der Waals surface area contributed by atoms with Crippen molar-refractivity contribution in [2.45, 2.75) is 0 Å². The first kappa shape index (κ1) is 16.1. The zero-order chi connectivity index (χ0) is 16.2. The molecule has 1 aliphatic heterocycles. The third-order valence-electron chi connectivity index (χ3n) is 4.10. The van der Waals surface area contributed by atoms with Crippen LogP contribution in [0.5, 0.6) is 5.75 Å². The summed E-state index contributed by atoms with van der Waals surface area (Å²) >= 11 is 2.22. The molecule has 1 aliphatic rings. The Bertz CT molecular complexity index is 697. The van der Waals surface area contributed by atoms with Gasteiger partial charge in [-0.1, -0.05) is 24.3 Å². The van der Waals surface area contributed by atoms with Gasteiger partial charge in [-0.05, 0) is 46.9 Å². The number of carbonyl (C=O) groups excluding carboxylic acids is 1. The summed E-state index contributed by atoms with van der Waals surface area (Å²) in [7, 11) is 1.69. The van der Waals surface area contributed by atoms with E-state index in [2.05, 4.69) is 33.6 Å². The predicted octanol–water partition coefficient (Wildman–Crippen LogP) is 3.26. The van der Waals surface area contributed by atoms with Crippen molar-refractivity contribution in [2.75, 3.05) is 38.2 Å². The third-order valence-corrected chi connectivity index (χ3v) is 5.04.